The molecule has 21 heavy (non-hydrogen) atoms. The molecule has 0 amide bonds. The number of carbonyl (C=O) groups is 1. The van der Waals surface area contributed by atoms with Crippen LogP contribution in [0.25, 0.3) is 0 Å². The van der Waals surface area contributed by atoms with Crippen molar-refractivity contribution >= 4 is 11.5 Å². The summed E-state index contributed by atoms with van der Waals surface area (Å²) in [4.78, 5) is 14.4. The highest BCUT2D eigenvalue weighted by atomic mass is 16.1. The van der Waals surface area contributed by atoms with E-state index in [1.807, 2.05) is 26.0 Å². The van der Waals surface area contributed by atoms with Crippen molar-refractivity contribution in [2.75, 3.05) is 18.0 Å². The Hall–Kier alpha value is -1.31. The maximum Gasteiger partial charge on any atom is 0.165 e. The average Bonchev–Trinajstić information content (AvgIpc) is 2.53. The van der Waals surface area contributed by atoms with Gasteiger partial charge < -0.3 is 4.90 Å². The maximum atomic E-state index is 12.0. The van der Waals surface area contributed by atoms with E-state index in [9.17, 15) is 4.79 Å². The largest absolute Gasteiger partial charge is 0.372 e. The third-order valence-corrected chi connectivity index (χ3v) is 4.62. The summed E-state index contributed by atoms with van der Waals surface area (Å²) in [5.74, 6) is 1.23. The van der Waals surface area contributed by atoms with Gasteiger partial charge in [-0.25, -0.2) is 0 Å². The van der Waals surface area contributed by atoms with Gasteiger partial charge in [0.25, 0.3) is 0 Å². The molecule has 0 spiro atoms. The van der Waals surface area contributed by atoms with Gasteiger partial charge in [-0.3, -0.25) is 4.79 Å². The molecule has 0 unspecified atom stereocenters. The lowest BCUT2D eigenvalue weighted by Gasteiger charge is -2.33. The summed E-state index contributed by atoms with van der Waals surface area (Å²) in [5.41, 5.74) is 2.11. The summed E-state index contributed by atoms with van der Waals surface area (Å²) in [7, 11) is 0. The monoisotopic (exact) mass is 287 g/mol. The predicted molar refractivity (Wildman–Crippen MR) is 90.1 cm³/mol. The molecule has 0 N–H and O–H groups in total. The maximum absolute atomic E-state index is 12.0. The van der Waals surface area contributed by atoms with Crippen LogP contribution in [-0.4, -0.2) is 18.9 Å². The molecule has 2 rings (SSSR count). The number of anilines is 1. The van der Waals surface area contributed by atoms with Gasteiger partial charge in [-0.1, -0.05) is 40.0 Å². The zero-order valence-corrected chi connectivity index (χ0v) is 13.8. The summed E-state index contributed by atoms with van der Waals surface area (Å²) in [5, 5.41) is 0. The first kappa shape index (κ1) is 16.1. The predicted octanol–water partition coefficient (Wildman–Crippen LogP) is 4.93. The fourth-order valence-electron chi connectivity index (χ4n) is 3.14. The molecule has 116 valence electrons. The number of rotatable bonds is 6. The third-order valence-electron chi connectivity index (χ3n) is 4.62. The van der Waals surface area contributed by atoms with Crippen LogP contribution < -0.4 is 4.90 Å². The minimum absolute atomic E-state index is 0.0742. The van der Waals surface area contributed by atoms with Crippen LogP contribution in [0.5, 0.6) is 0 Å². The molecule has 1 aromatic rings. The molecule has 1 fully saturated rings. The number of benzene rings is 1. The van der Waals surface area contributed by atoms with Crippen molar-refractivity contribution in [3.63, 3.8) is 0 Å². The van der Waals surface area contributed by atoms with Crippen molar-refractivity contribution in [1.82, 2.24) is 0 Å². The van der Waals surface area contributed by atoms with Crippen LogP contribution in [0, 0.1) is 11.8 Å². The summed E-state index contributed by atoms with van der Waals surface area (Å²) in [6.07, 6.45) is 6.70. The van der Waals surface area contributed by atoms with E-state index in [0.717, 1.165) is 24.6 Å². The number of carbonyl (C=O) groups excluding carboxylic acids is 1. The van der Waals surface area contributed by atoms with Crippen LogP contribution in [0.3, 0.4) is 0 Å². The summed E-state index contributed by atoms with van der Waals surface area (Å²) in [6.45, 7) is 8.50. The Labute approximate surface area is 129 Å². The van der Waals surface area contributed by atoms with E-state index < -0.39 is 0 Å². The second-order valence-electron chi connectivity index (χ2n) is 6.64. The fourth-order valence-corrected chi connectivity index (χ4v) is 3.14. The normalized spacial score (nSPS) is 16.5. The molecule has 2 heteroatoms. The van der Waals surface area contributed by atoms with Crippen molar-refractivity contribution in [2.45, 2.75) is 52.9 Å². The number of Topliss-reactive ketones (excluding diaryl/α,β-unsaturated/α-hetero) is 1. The van der Waals surface area contributed by atoms with E-state index >= 15 is 0 Å². The van der Waals surface area contributed by atoms with Crippen LogP contribution >= 0.6 is 0 Å². The zero-order chi connectivity index (χ0) is 15.2. The lowest BCUT2D eigenvalue weighted by atomic mass is 9.91. The Balaban J connectivity index is 1.90. The van der Waals surface area contributed by atoms with Gasteiger partial charge in [-0.2, -0.15) is 0 Å². The van der Waals surface area contributed by atoms with E-state index in [4.69, 9.17) is 0 Å². The van der Waals surface area contributed by atoms with Crippen LogP contribution in [0.1, 0.15) is 63.2 Å². The van der Waals surface area contributed by atoms with E-state index in [1.54, 1.807) is 0 Å². The number of ketones is 1. The van der Waals surface area contributed by atoms with Gasteiger partial charge in [-0.15, -0.1) is 0 Å². The molecule has 1 aliphatic rings. The van der Waals surface area contributed by atoms with Crippen molar-refractivity contribution in [2.24, 2.45) is 11.8 Å². The van der Waals surface area contributed by atoms with Crippen LogP contribution in [0.15, 0.2) is 24.3 Å². The van der Waals surface area contributed by atoms with Gasteiger partial charge in [0.2, 0.25) is 0 Å². The van der Waals surface area contributed by atoms with Gasteiger partial charge >= 0.3 is 0 Å². The van der Waals surface area contributed by atoms with Gasteiger partial charge in [0.1, 0.15) is 0 Å². The molecule has 0 bridgehead atoms. The molecule has 0 aromatic heterocycles. The van der Waals surface area contributed by atoms with Crippen molar-refractivity contribution in [3.05, 3.63) is 29.8 Å². The van der Waals surface area contributed by atoms with Crippen LogP contribution in [-0.2, 0) is 0 Å². The minimum Gasteiger partial charge on any atom is -0.372 e. The number of hydrogen-bond acceptors (Lipinski definition) is 2. The molecular weight excluding hydrogens is 258 g/mol. The van der Waals surface area contributed by atoms with Crippen molar-refractivity contribution in [1.29, 1.82) is 0 Å². The molecule has 1 heterocycles. The SMILES string of the molecule is CCCCC1CCN(c2ccc(C(=O)C(C)C)cc2)CC1. The van der Waals surface area contributed by atoms with E-state index in [0.29, 0.717) is 0 Å². The first-order chi connectivity index (χ1) is 10.1. The van der Waals surface area contributed by atoms with E-state index in [2.05, 4.69) is 24.0 Å². The van der Waals surface area contributed by atoms with Gasteiger partial charge in [-0.05, 0) is 43.0 Å². The molecular formula is C19H29NO. The second-order valence-corrected chi connectivity index (χ2v) is 6.64. The summed E-state index contributed by atoms with van der Waals surface area (Å²) < 4.78 is 0. The van der Waals surface area contributed by atoms with E-state index in [-0.39, 0.29) is 11.7 Å². The van der Waals surface area contributed by atoms with E-state index in [1.165, 1.54) is 37.8 Å². The fraction of sp³-hybridized carbons (Fsp3) is 0.632. The summed E-state index contributed by atoms with van der Waals surface area (Å²) in [6, 6.07) is 8.20. The Bertz CT molecular complexity index is 441. The standard InChI is InChI=1S/C19H29NO/c1-4-5-6-16-11-13-20(14-12-16)18-9-7-17(8-10-18)19(21)15(2)3/h7-10,15-16H,4-6,11-14H2,1-3H3. The number of piperidine rings is 1. The first-order valence-corrected chi connectivity index (χ1v) is 8.51. The smallest absolute Gasteiger partial charge is 0.165 e. The lowest BCUT2D eigenvalue weighted by Crippen LogP contribution is -2.33. The third kappa shape index (κ3) is 4.33. The highest BCUT2D eigenvalue weighted by molar-refractivity contribution is 5.97. The second kappa shape index (κ2) is 7.63. The highest BCUT2D eigenvalue weighted by Crippen LogP contribution is 2.26. The molecule has 0 atom stereocenters. The molecule has 2 nitrogen and oxygen atoms in total. The Morgan fingerprint density at radius 1 is 1.19 bits per heavy atom. The average molecular weight is 287 g/mol. The van der Waals surface area contributed by atoms with Crippen molar-refractivity contribution < 1.29 is 4.79 Å². The van der Waals surface area contributed by atoms with Crippen LogP contribution in [0.2, 0.25) is 0 Å². The zero-order valence-electron chi connectivity index (χ0n) is 13.8. The van der Waals surface area contributed by atoms with Gasteiger partial charge in [0, 0.05) is 30.3 Å². The Morgan fingerprint density at radius 2 is 1.81 bits per heavy atom. The molecule has 1 aromatic carbocycles. The molecule has 1 aliphatic heterocycles. The quantitative estimate of drug-likeness (QED) is 0.691. The first-order valence-electron chi connectivity index (χ1n) is 8.51. The number of hydrogen-bond donors (Lipinski definition) is 0. The number of nitrogens with zero attached hydrogens (tertiary/aromatic N) is 1. The van der Waals surface area contributed by atoms with Crippen LogP contribution in [0.4, 0.5) is 5.69 Å². The highest BCUT2D eigenvalue weighted by Gasteiger charge is 2.19. The Kier molecular flexibility index (Phi) is 5.84. The summed E-state index contributed by atoms with van der Waals surface area (Å²) >= 11 is 0. The molecule has 0 aliphatic carbocycles. The van der Waals surface area contributed by atoms with Crippen molar-refractivity contribution in [3.8, 4) is 0 Å². The molecule has 0 radical (unpaired) electrons. The topological polar surface area (TPSA) is 20.3 Å². The number of unbranched alkanes of at least 4 members (excludes halogenated alkanes) is 1. The Morgan fingerprint density at radius 3 is 2.33 bits per heavy atom. The van der Waals surface area contributed by atoms with Gasteiger partial charge in [0.15, 0.2) is 5.78 Å². The molecule has 0 saturated carbocycles. The lowest BCUT2D eigenvalue weighted by molar-refractivity contribution is 0.0939. The molecule has 1 saturated heterocycles. The van der Waals surface area contributed by atoms with Gasteiger partial charge in [0.05, 0.1) is 0 Å². The minimum atomic E-state index is 0.0742.